The van der Waals surface area contributed by atoms with Gasteiger partial charge in [0, 0.05) is 11.0 Å². The molecule has 72 valence electrons. The number of aliphatic hydroxyl groups is 1. The molecule has 0 saturated heterocycles. The summed E-state index contributed by atoms with van der Waals surface area (Å²) in [7, 11) is 0. The number of hydrogen-bond donors (Lipinski definition) is 1. The summed E-state index contributed by atoms with van der Waals surface area (Å²) in [6.07, 6.45) is 3.30. The first-order chi connectivity index (χ1) is 6.15. The zero-order valence-electron chi connectivity index (χ0n) is 8.13. The number of aliphatic hydroxyl groups excluding tert-OH is 1. The standard InChI is InChI=1S/C10H15NO2/c1-10(2)5-3-4-7-8(6-12)11-13-9(7)10/h12H,3-6H2,1-2H3. The SMILES string of the molecule is CC1(C)CCCc2c(CO)noc21. The molecular formula is C10H15NO2. The third-order valence-corrected chi connectivity index (χ3v) is 2.86. The van der Waals surface area contributed by atoms with E-state index < -0.39 is 0 Å². The first-order valence-corrected chi connectivity index (χ1v) is 4.74. The Hall–Kier alpha value is -0.830. The highest BCUT2D eigenvalue weighted by molar-refractivity contribution is 5.30. The van der Waals surface area contributed by atoms with Crippen LogP contribution in [0.15, 0.2) is 4.52 Å². The van der Waals surface area contributed by atoms with Gasteiger partial charge < -0.3 is 9.63 Å². The first kappa shape index (κ1) is 8.75. The van der Waals surface area contributed by atoms with Crippen LogP contribution in [-0.4, -0.2) is 10.3 Å². The molecular weight excluding hydrogens is 166 g/mol. The van der Waals surface area contributed by atoms with E-state index in [2.05, 4.69) is 19.0 Å². The molecule has 3 heteroatoms. The monoisotopic (exact) mass is 181 g/mol. The minimum absolute atomic E-state index is 0.00505. The van der Waals surface area contributed by atoms with E-state index in [1.807, 2.05) is 0 Å². The van der Waals surface area contributed by atoms with Crippen molar-refractivity contribution in [3.05, 3.63) is 17.0 Å². The molecule has 0 unspecified atom stereocenters. The summed E-state index contributed by atoms with van der Waals surface area (Å²) in [6.45, 7) is 4.32. The minimum Gasteiger partial charge on any atom is -0.390 e. The molecule has 1 aliphatic carbocycles. The van der Waals surface area contributed by atoms with Crippen LogP contribution in [0, 0.1) is 0 Å². The van der Waals surface area contributed by atoms with Gasteiger partial charge in [0.05, 0.1) is 6.61 Å². The van der Waals surface area contributed by atoms with Gasteiger partial charge >= 0.3 is 0 Å². The molecule has 1 heterocycles. The molecule has 0 atom stereocenters. The third-order valence-electron chi connectivity index (χ3n) is 2.86. The topological polar surface area (TPSA) is 46.3 Å². The lowest BCUT2D eigenvalue weighted by atomic mass is 9.77. The Labute approximate surface area is 77.7 Å². The summed E-state index contributed by atoms with van der Waals surface area (Å²) < 4.78 is 5.28. The van der Waals surface area contributed by atoms with Crippen molar-refractivity contribution in [1.82, 2.24) is 5.16 Å². The van der Waals surface area contributed by atoms with Crippen LogP contribution in [0.4, 0.5) is 0 Å². The van der Waals surface area contributed by atoms with Gasteiger partial charge in [-0.25, -0.2) is 0 Å². The van der Waals surface area contributed by atoms with Crippen LogP contribution in [0.5, 0.6) is 0 Å². The average Bonchev–Trinajstić information content (AvgIpc) is 2.48. The molecule has 3 nitrogen and oxygen atoms in total. The van der Waals surface area contributed by atoms with Crippen LogP contribution in [-0.2, 0) is 18.4 Å². The predicted octanol–water partition coefficient (Wildman–Crippen LogP) is 1.78. The van der Waals surface area contributed by atoms with Crippen LogP contribution in [0.2, 0.25) is 0 Å². The average molecular weight is 181 g/mol. The molecule has 0 radical (unpaired) electrons. The molecule has 0 amide bonds. The normalized spacial score (nSPS) is 19.9. The number of nitrogens with zero attached hydrogens (tertiary/aromatic N) is 1. The molecule has 1 aromatic heterocycles. The van der Waals surface area contributed by atoms with Gasteiger partial charge in [-0.05, 0) is 19.3 Å². The Morgan fingerprint density at radius 1 is 1.54 bits per heavy atom. The van der Waals surface area contributed by atoms with E-state index in [9.17, 15) is 0 Å². The van der Waals surface area contributed by atoms with Gasteiger partial charge in [-0.2, -0.15) is 0 Å². The number of fused-ring (bicyclic) bond motifs is 1. The van der Waals surface area contributed by atoms with Crippen LogP contribution in [0.1, 0.15) is 43.7 Å². The highest BCUT2D eigenvalue weighted by atomic mass is 16.5. The summed E-state index contributed by atoms with van der Waals surface area (Å²) in [6, 6.07) is 0. The van der Waals surface area contributed by atoms with E-state index in [1.165, 1.54) is 0 Å². The van der Waals surface area contributed by atoms with E-state index in [1.54, 1.807) is 0 Å². The van der Waals surface area contributed by atoms with Crippen molar-refractivity contribution in [1.29, 1.82) is 0 Å². The fourth-order valence-corrected chi connectivity index (χ4v) is 2.08. The Balaban J connectivity index is 2.48. The molecule has 1 N–H and O–H groups in total. The summed E-state index contributed by atoms with van der Waals surface area (Å²) >= 11 is 0. The van der Waals surface area contributed by atoms with Crippen molar-refractivity contribution in [2.75, 3.05) is 0 Å². The number of hydrogen-bond acceptors (Lipinski definition) is 3. The molecule has 0 bridgehead atoms. The fraction of sp³-hybridized carbons (Fsp3) is 0.700. The summed E-state index contributed by atoms with van der Waals surface area (Å²) in [4.78, 5) is 0. The molecule has 0 fully saturated rings. The van der Waals surface area contributed by atoms with Crippen molar-refractivity contribution in [2.45, 2.75) is 45.1 Å². The summed E-state index contributed by atoms with van der Waals surface area (Å²) in [5, 5.41) is 12.9. The zero-order valence-corrected chi connectivity index (χ0v) is 8.13. The Bertz CT molecular complexity index is 315. The van der Waals surface area contributed by atoms with Crippen LogP contribution in [0.25, 0.3) is 0 Å². The van der Waals surface area contributed by atoms with Crippen LogP contribution >= 0.6 is 0 Å². The van der Waals surface area contributed by atoms with E-state index in [0.717, 1.165) is 36.3 Å². The second-order valence-electron chi connectivity index (χ2n) is 4.33. The van der Waals surface area contributed by atoms with Crippen LogP contribution < -0.4 is 0 Å². The molecule has 0 aromatic carbocycles. The van der Waals surface area contributed by atoms with Crippen molar-refractivity contribution >= 4 is 0 Å². The maximum Gasteiger partial charge on any atom is 0.145 e. The molecule has 1 aliphatic rings. The summed E-state index contributed by atoms with van der Waals surface area (Å²) in [5.41, 5.74) is 1.95. The lowest BCUT2D eigenvalue weighted by Gasteiger charge is -2.26. The van der Waals surface area contributed by atoms with Gasteiger partial charge in [-0.15, -0.1) is 0 Å². The van der Waals surface area contributed by atoms with Crippen molar-refractivity contribution in [2.24, 2.45) is 0 Å². The van der Waals surface area contributed by atoms with Gasteiger partial charge in [0.2, 0.25) is 0 Å². The highest BCUT2D eigenvalue weighted by Crippen LogP contribution is 2.37. The van der Waals surface area contributed by atoms with Gasteiger partial charge in [0.1, 0.15) is 11.5 Å². The first-order valence-electron chi connectivity index (χ1n) is 4.74. The van der Waals surface area contributed by atoms with Crippen LogP contribution in [0.3, 0.4) is 0 Å². The third kappa shape index (κ3) is 1.27. The second kappa shape index (κ2) is 2.84. The zero-order chi connectivity index (χ0) is 9.47. The lowest BCUT2D eigenvalue weighted by Crippen LogP contribution is -2.22. The van der Waals surface area contributed by atoms with Crippen molar-refractivity contribution in [3.63, 3.8) is 0 Å². The fourth-order valence-electron chi connectivity index (χ4n) is 2.08. The molecule has 0 saturated carbocycles. The summed E-state index contributed by atoms with van der Waals surface area (Å²) in [5.74, 6) is 0.975. The van der Waals surface area contributed by atoms with E-state index in [4.69, 9.17) is 9.63 Å². The Morgan fingerprint density at radius 3 is 3.00 bits per heavy atom. The van der Waals surface area contributed by atoms with Crippen molar-refractivity contribution in [3.8, 4) is 0 Å². The quantitative estimate of drug-likeness (QED) is 0.718. The molecule has 2 rings (SSSR count). The second-order valence-corrected chi connectivity index (χ2v) is 4.33. The molecule has 0 aliphatic heterocycles. The Morgan fingerprint density at radius 2 is 2.31 bits per heavy atom. The predicted molar refractivity (Wildman–Crippen MR) is 48.4 cm³/mol. The van der Waals surface area contributed by atoms with E-state index in [0.29, 0.717) is 0 Å². The molecule has 13 heavy (non-hydrogen) atoms. The van der Waals surface area contributed by atoms with E-state index in [-0.39, 0.29) is 12.0 Å². The molecule has 1 aromatic rings. The maximum absolute atomic E-state index is 9.03. The van der Waals surface area contributed by atoms with Gasteiger partial charge in [-0.1, -0.05) is 19.0 Å². The van der Waals surface area contributed by atoms with Crippen molar-refractivity contribution < 1.29 is 9.63 Å². The lowest BCUT2D eigenvalue weighted by molar-refractivity contribution is 0.258. The highest BCUT2D eigenvalue weighted by Gasteiger charge is 2.33. The smallest absolute Gasteiger partial charge is 0.145 e. The minimum atomic E-state index is -0.00505. The van der Waals surface area contributed by atoms with Gasteiger partial charge in [-0.3, -0.25) is 0 Å². The number of rotatable bonds is 1. The number of aromatic nitrogens is 1. The Kier molecular flexibility index (Phi) is 1.91. The van der Waals surface area contributed by atoms with E-state index >= 15 is 0 Å². The largest absolute Gasteiger partial charge is 0.390 e. The maximum atomic E-state index is 9.03. The van der Waals surface area contributed by atoms with Gasteiger partial charge in [0.25, 0.3) is 0 Å². The molecule has 0 spiro atoms. The van der Waals surface area contributed by atoms with Gasteiger partial charge in [0.15, 0.2) is 0 Å².